The molecule has 4 heteroatoms. The summed E-state index contributed by atoms with van der Waals surface area (Å²) in [6, 6.07) is 6.54. The third-order valence-corrected chi connectivity index (χ3v) is 2.14. The molecule has 1 aromatic carbocycles. The Bertz CT molecular complexity index is 430. The minimum Gasteiger partial charge on any atom is -0.478 e. The highest BCUT2D eigenvalue weighted by Gasteiger charge is 2.25. The standard InChI is InChI=1S/C12H15NO3/c1-12(2,3)13(16)8-9-6-4-5-7-10(9)11(14)15/h4-8H,1-3H3,(H-,14,15,16)/p+1. The van der Waals surface area contributed by atoms with E-state index < -0.39 is 11.5 Å². The van der Waals surface area contributed by atoms with E-state index in [-0.39, 0.29) is 5.56 Å². The molecule has 0 saturated carbocycles. The number of benzene rings is 1. The number of hydrogen-bond donors (Lipinski definition) is 2. The van der Waals surface area contributed by atoms with Crippen LogP contribution in [0.1, 0.15) is 36.7 Å². The highest BCUT2D eigenvalue weighted by atomic mass is 16.5. The molecule has 0 aliphatic carbocycles. The van der Waals surface area contributed by atoms with Crippen LogP contribution < -0.4 is 0 Å². The lowest BCUT2D eigenvalue weighted by Gasteiger charge is -2.09. The Morgan fingerprint density at radius 3 is 2.38 bits per heavy atom. The van der Waals surface area contributed by atoms with E-state index in [2.05, 4.69) is 0 Å². The van der Waals surface area contributed by atoms with Gasteiger partial charge in [-0.3, -0.25) is 5.21 Å². The fraction of sp³-hybridized carbons (Fsp3) is 0.333. The van der Waals surface area contributed by atoms with Gasteiger partial charge in [-0.15, -0.1) is 0 Å². The summed E-state index contributed by atoms with van der Waals surface area (Å²) in [7, 11) is 0. The van der Waals surface area contributed by atoms with E-state index in [0.717, 1.165) is 4.74 Å². The van der Waals surface area contributed by atoms with E-state index in [1.54, 1.807) is 18.2 Å². The van der Waals surface area contributed by atoms with Crippen molar-refractivity contribution in [2.45, 2.75) is 26.3 Å². The zero-order valence-corrected chi connectivity index (χ0v) is 9.64. The van der Waals surface area contributed by atoms with Crippen molar-refractivity contribution in [1.82, 2.24) is 0 Å². The number of carboxylic acids is 1. The van der Waals surface area contributed by atoms with Gasteiger partial charge in [-0.1, -0.05) is 12.1 Å². The van der Waals surface area contributed by atoms with Crippen LogP contribution in [-0.4, -0.2) is 32.8 Å². The summed E-state index contributed by atoms with van der Waals surface area (Å²) in [5.74, 6) is -1.01. The van der Waals surface area contributed by atoms with Crippen LogP contribution in [0.25, 0.3) is 0 Å². The van der Waals surface area contributed by atoms with Crippen molar-refractivity contribution in [3.05, 3.63) is 35.4 Å². The van der Waals surface area contributed by atoms with E-state index in [1.165, 1.54) is 12.3 Å². The van der Waals surface area contributed by atoms with Crippen molar-refractivity contribution >= 4 is 12.2 Å². The molecule has 4 nitrogen and oxygen atoms in total. The van der Waals surface area contributed by atoms with Crippen LogP contribution in [0.3, 0.4) is 0 Å². The zero-order chi connectivity index (χ0) is 12.3. The molecular formula is C12H16NO3+. The van der Waals surface area contributed by atoms with Gasteiger partial charge < -0.3 is 5.11 Å². The monoisotopic (exact) mass is 222 g/mol. The van der Waals surface area contributed by atoms with Crippen molar-refractivity contribution in [3.8, 4) is 0 Å². The van der Waals surface area contributed by atoms with Crippen LogP contribution in [0.5, 0.6) is 0 Å². The third kappa shape index (κ3) is 2.82. The van der Waals surface area contributed by atoms with E-state index in [9.17, 15) is 10.0 Å². The second-order valence-corrected chi connectivity index (χ2v) is 4.54. The minimum atomic E-state index is -1.01. The molecule has 0 spiro atoms. The van der Waals surface area contributed by atoms with E-state index in [4.69, 9.17) is 5.11 Å². The average molecular weight is 222 g/mol. The van der Waals surface area contributed by atoms with Crippen LogP contribution in [0.2, 0.25) is 0 Å². The number of nitrogens with zero attached hydrogens (tertiary/aromatic N) is 1. The molecule has 86 valence electrons. The van der Waals surface area contributed by atoms with Gasteiger partial charge in [0, 0.05) is 20.8 Å². The number of carbonyl (C=O) groups is 1. The fourth-order valence-electron chi connectivity index (χ4n) is 1.13. The Kier molecular flexibility index (Phi) is 3.32. The molecule has 0 amide bonds. The largest absolute Gasteiger partial charge is 0.478 e. The number of rotatable bonds is 2. The van der Waals surface area contributed by atoms with Gasteiger partial charge >= 0.3 is 5.97 Å². The van der Waals surface area contributed by atoms with Gasteiger partial charge in [-0.05, 0) is 16.9 Å². The predicted molar refractivity (Wildman–Crippen MR) is 60.4 cm³/mol. The molecule has 0 saturated heterocycles. The maximum absolute atomic E-state index is 10.9. The molecule has 0 aliphatic heterocycles. The molecule has 1 rings (SSSR count). The summed E-state index contributed by atoms with van der Waals surface area (Å²) >= 11 is 0. The Morgan fingerprint density at radius 2 is 1.88 bits per heavy atom. The van der Waals surface area contributed by atoms with Crippen molar-refractivity contribution in [1.29, 1.82) is 0 Å². The molecule has 0 aromatic heterocycles. The Morgan fingerprint density at radius 1 is 1.31 bits per heavy atom. The van der Waals surface area contributed by atoms with Crippen molar-refractivity contribution in [2.75, 3.05) is 0 Å². The summed E-state index contributed by atoms with van der Waals surface area (Å²) in [5, 5.41) is 18.7. The molecule has 0 fully saturated rings. The maximum atomic E-state index is 10.9. The van der Waals surface area contributed by atoms with Crippen molar-refractivity contribution in [3.63, 3.8) is 0 Å². The Labute approximate surface area is 94.4 Å². The first kappa shape index (κ1) is 12.2. The lowest BCUT2D eigenvalue weighted by atomic mass is 10.1. The molecule has 16 heavy (non-hydrogen) atoms. The highest BCUT2D eigenvalue weighted by Crippen LogP contribution is 2.09. The second kappa shape index (κ2) is 4.35. The molecule has 0 bridgehead atoms. The van der Waals surface area contributed by atoms with Crippen LogP contribution in [-0.2, 0) is 0 Å². The minimum absolute atomic E-state index is 0.172. The number of carboxylic acid groups (broad SMARTS) is 1. The first-order valence-corrected chi connectivity index (χ1v) is 4.98. The average Bonchev–Trinajstić information content (AvgIpc) is 2.16. The molecule has 0 unspecified atom stereocenters. The van der Waals surface area contributed by atoms with Crippen molar-refractivity contribution < 1.29 is 19.8 Å². The third-order valence-electron chi connectivity index (χ3n) is 2.14. The highest BCUT2D eigenvalue weighted by molar-refractivity contribution is 5.97. The van der Waals surface area contributed by atoms with Gasteiger partial charge in [-0.2, -0.15) is 0 Å². The van der Waals surface area contributed by atoms with Crippen molar-refractivity contribution in [2.24, 2.45) is 0 Å². The van der Waals surface area contributed by atoms with E-state index in [1.807, 2.05) is 20.8 Å². The summed E-state index contributed by atoms with van der Waals surface area (Å²) in [6.07, 6.45) is 1.42. The topological polar surface area (TPSA) is 60.5 Å². The molecule has 2 N–H and O–H groups in total. The van der Waals surface area contributed by atoms with Crippen LogP contribution in [0.4, 0.5) is 0 Å². The summed E-state index contributed by atoms with van der Waals surface area (Å²) < 4.78 is 1.01. The molecule has 1 aromatic rings. The lowest BCUT2D eigenvalue weighted by molar-refractivity contribution is -0.816. The molecular weight excluding hydrogens is 206 g/mol. The zero-order valence-electron chi connectivity index (χ0n) is 9.64. The number of hydroxylamine groups is 1. The summed E-state index contributed by atoms with van der Waals surface area (Å²) in [4.78, 5) is 10.9. The van der Waals surface area contributed by atoms with Gasteiger partial charge in [0.15, 0.2) is 0 Å². The molecule has 0 aliphatic rings. The van der Waals surface area contributed by atoms with E-state index >= 15 is 0 Å². The first-order chi connectivity index (χ1) is 7.32. The first-order valence-electron chi connectivity index (χ1n) is 4.98. The molecule has 0 heterocycles. The van der Waals surface area contributed by atoms with Crippen LogP contribution in [0.15, 0.2) is 24.3 Å². The number of aromatic carboxylic acids is 1. The van der Waals surface area contributed by atoms with Gasteiger partial charge in [0.1, 0.15) is 0 Å². The fourth-order valence-corrected chi connectivity index (χ4v) is 1.13. The SMILES string of the molecule is CC(C)(C)[N+](O)=Cc1ccccc1C(=O)O. The number of hydrogen-bond acceptors (Lipinski definition) is 2. The Balaban J connectivity index is 3.20. The predicted octanol–water partition coefficient (Wildman–Crippen LogP) is 2.00. The van der Waals surface area contributed by atoms with Gasteiger partial charge in [-0.25, -0.2) is 4.79 Å². The summed E-state index contributed by atoms with van der Waals surface area (Å²) in [6.45, 7) is 5.48. The van der Waals surface area contributed by atoms with Gasteiger partial charge in [0.2, 0.25) is 11.8 Å². The van der Waals surface area contributed by atoms with Gasteiger partial charge in [0.05, 0.1) is 11.1 Å². The molecule has 0 atom stereocenters. The quantitative estimate of drug-likeness (QED) is 0.348. The molecule has 0 radical (unpaired) electrons. The maximum Gasteiger partial charge on any atom is 0.336 e. The van der Waals surface area contributed by atoms with E-state index in [0.29, 0.717) is 5.56 Å². The summed E-state index contributed by atoms with van der Waals surface area (Å²) in [5.41, 5.74) is 0.184. The normalized spacial score (nSPS) is 12.6. The van der Waals surface area contributed by atoms with Gasteiger partial charge in [0.25, 0.3) is 0 Å². The lowest BCUT2D eigenvalue weighted by Crippen LogP contribution is -2.31. The van der Waals surface area contributed by atoms with Crippen LogP contribution in [0, 0.1) is 0 Å². The second-order valence-electron chi connectivity index (χ2n) is 4.54. The van der Waals surface area contributed by atoms with Crippen LogP contribution >= 0.6 is 0 Å². The smallest absolute Gasteiger partial charge is 0.336 e. The Hall–Kier alpha value is -1.84.